The van der Waals surface area contributed by atoms with Crippen molar-refractivity contribution in [2.75, 3.05) is 7.11 Å². The number of methoxy groups -OCH3 is 1. The van der Waals surface area contributed by atoms with Gasteiger partial charge in [0.25, 0.3) is 0 Å². The molecule has 0 amide bonds. The highest BCUT2D eigenvalue weighted by Crippen LogP contribution is 2.63. The predicted octanol–water partition coefficient (Wildman–Crippen LogP) is 7.96. The summed E-state index contributed by atoms with van der Waals surface area (Å²) in [6, 6.07) is 0. The number of ether oxygens (including phenoxy) is 1. The van der Waals surface area contributed by atoms with E-state index in [4.69, 9.17) is 4.74 Å². The van der Waals surface area contributed by atoms with Crippen molar-refractivity contribution in [2.24, 2.45) is 39.9 Å². The van der Waals surface area contributed by atoms with Crippen LogP contribution in [0, 0.1) is 39.9 Å². The van der Waals surface area contributed by atoms with Gasteiger partial charge in [0.1, 0.15) is 0 Å². The molecule has 0 aromatic rings. The molecule has 0 heterocycles. The lowest BCUT2D eigenvalue weighted by Crippen LogP contribution is -2.17. The highest BCUT2D eigenvalue weighted by molar-refractivity contribution is 5.72. The zero-order chi connectivity index (χ0) is 22.2. The second-order valence-electron chi connectivity index (χ2n) is 12.6. The Balaban J connectivity index is 0.000000177. The van der Waals surface area contributed by atoms with Gasteiger partial charge in [0.15, 0.2) is 0 Å². The third-order valence-corrected chi connectivity index (χ3v) is 9.83. The van der Waals surface area contributed by atoms with E-state index in [1.165, 1.54) is 71.3 Å². The summed E-state index contributed by atoms with van der Waals surface area (Å²) in [5.74, 6) is 2.99. The van der Waals surface area contributed by atoms with Crippen LogP contribution in [0.1, 0.15) is 112 Å². The Kier molecular flexibility index (Phi) is 7.15. The number of fused-ring (bicyclic) bond motifs is 2. The molecule has 0 saturated heterocycles. The van der Waals surface area contributed by atoms with E-state index in [1.807, 2.05) is 0 Å². The summed E-state index contributed by atoms with van der Waals surface area (Å²) in [6.45, 7) is 16.3. The maximum absolute atomic E-state index is 11.3. The molecule has 2 nitrogen and oxygen atoms in total. The summed E-state index contributed by atoms with van der Waals surface area (Å²) in [6.07, 6.45) is 15.6. The zero-order valence-corrected chi connectivity index (χ0v) is 20.8. The molecule has 0 aliphatic heterocycles. The lowest BCUT2D eigenvalue weighted by Gasteiger charge is -2.29. The minimum Gasteiger partial charge on any atom is -0.469 e. The van der Waals surface area contributed by atoms with Crippen LogP contribution in [0.2, 0.25) is 0 Å². The fourth-order valence-electron chi connectivity index (χ4n) is 6.11. The van der Waals surface area contributed by atoms with Gasteiger partial charge in [-0.05, 0) is 105 Å². The fraction of sp³-hybridized carbons (Fsp3) is 0.893. The first-order valence-corrected chi connectivity index (χ1v) is 12.8. The molecule has 4 aliphatic rings. The lowest BCUT2D eigenvalue weighted by atomic mass is 9.76. The molecule has 4 fully saturated rings. The first kappa shape index (κ1) is 23.9. The Morgan fingerprint density at radius 2 is 1.60 bits per heavy atom. The lowest BCUT2D eigenvalue weighted by molar-refractivity contribution is -0.145. The van der Waals surface area contributed by atoms with Crippen LogP contribution in [0.5, 0.6) is 0 Å². The molecule has 6 atom stereocenters. The van der Waals surface area contributed by atoms with E-state index in [1.54, 1.807) is 5.57 Å². The van der Waals surface area contributed by atoms with Crippen molar-refractivity contribution in [3.63, 3.8) is 0 Å². The smallest absolute Gasteiger partial charge is 0.308 e. The Hall–Kier alpha value is -0.790. The number of carbonyl (C=O) groups excluding carboxylic acids is 1. The molecule has 0 N–H and O–H groups in total. The minimum absolute atomic E-state index is 0.00454. The third-order valence-electron chi connectivity index (χ3n) is 9.83. The molecule has 4 saturated carbocycles. The summed E-state index contributed by atoms with van der Waals surface area (Å²) in [4.78, 5) is 11.3. The summed E-state index contributed by atoms with van der Waals surface area (Å²) in [5, 5.41) is 0. The van der Waals surface area contributed by atoms with Crippen LogP contribution in [0.4, 0.5) is 0 Å². The molecule has 30 heavy (non-hydrogen) atoms. The van der Waals surface area contributed by atoms with Crippen LogP contribution in [0.25, 0.3) is 0 Å². The van der Waals surface area contributed by atoms with Crippen LogP contribution in [-0.2, 0) is 9.53 Å². The second kappa shape index (κ2) is 8.99. The Labute approximate surface area is 186 Å². The molecule has 6 unspecified atom stereocenters. The van der Waals surface area contributed by atoms with Gasteiger partial charge in [0.2, 0.25) is 0 Å². The second-order valence-corrected chi connectivity index (χ2v) is 12.6. The number of hydrogen-bond acceptors (Lipinski definition) is 2. The molecule has 4 aliphatic carbocycles. The van der Waals surface area contributed by atoms with E-state index < -0.39 is 0 Å². The highest BCUT2D eigenvalue weighted by Gasteiger charge is 2.53. The SMILES string of the molecule is C=C(CCC(C)(C)CC)C1CCC2(C)CC2C1.COC(=O)C1CCC2CC2(C)CC1. The number of esters is 1. The third kappa shape index (κ3) is 5.71. The van der Waals surface area contributed by atoms with Gasteiger partial charge >= 0.3 is 5.97 Å². The summed E-state index contributed by atoms with van der Waals surface area (Å²) in [5.41, 5.74) is 3.40. The van der Waals surface area contributed by atoms with Crippen LogP contribution in [-0.4, -0.2) is 13.1 Å². The Morgan fingerprint density at radius 1 is 1.00 bits per heavy atom. The van der Waals surface area contributed by atoms with Gasteiger partial charge in [-0.3, -0.25) is 4.79 Å². The van der Waals surface area contributed by atoms with Crippen LogP contribution in [0.15, 0.2) is 12.2 Å². The van der Waals surface area contributed by atoms with Gasteiger partial charge in [-0.25, -0.2) is 0 Å². The molecule has 0 aromatic carbocycles. The molecule has 0 bridgehead atoms. The molecular formula is C28H48O2. The van der Waals surface area contributed by atoms with Gasteiger partial charge < -0.3 is 4.74 Å². The van der Waals surface area contributed by atoms with E-state index in [-0.39, 0.29) is 11.9 Å². The molecule has 2 heteroatoms. The van der Waals surface area contributed by atoms with Gasteiger partial charge in [0, 0.05) is 0 Å². The van der Waals surface area contributed by atoms with E-state index >= 15 is 0 Å². The van der Waals surface area contributed by atoms with Crippen molar-refractivity contribution >= 4 is 5.97 Å². The number of carbonyl (C=O) groups is 1. The number of hydrogen-bond donors (Lipinski definition) is 0. The summed E-state index contributed by atoms with van der Waals surface area (Å²) in [7, 11) is 1.50. The Bertz CT molecular complexity index is 635. The summed E-state index contributed by atoms with van der Waals surface area (Å²) >= 11 is 0. The quantitative estimate of drug-likeness (QED) is 0.324. The molecule has 4 rings (SSSR count). The van der Waals surface area contributed by atoms with Gasteiger partial charge in [-0.15, -0.1) is 0 Å². The summed E-state index contributed by atoms with van der Waals surface area (Å²) < 4.78 is 4.79. The number of allylic oxidation sites excluding steroid dienone is 1. The zero-order valence-electron chi connectivity index (χ0n) is 20.8. The standard InChI is InChI=1S/C17H30.C11H18O2/c1-6-16(3,4)9-7-13(2)14-8-10-17(5)12-15(17)11-14;1-11-6-5-8(10(12)13-2)3-4-9(11)7-11/h14-15H,2,6-12H2,1,3-5H3;8-9H,3-7H2,1-2H3. The van der Waals surface area contributed by atoms with E-state index in [2.05, 4.69) is 41.2 Å². The monoisotopic (exact) mass is 416 g/mol. The van der Waals surface area contributed by atoms with E-state index in [0.29, 0.717) is 10.8 Å². The van der Waals surface area contributed by atoms with Crippen LogP contribution >= 0.6 is 0 Å². The maximum Gasteiger partial charge on any atom is 0.308 e. The topological polar surface area (TPSA) is 26.3 Å². The molecular weight excluding hydrogens is 368 g/mol. The number of rotatable bonds is 6. The fourth-order valence-corrected chi connectivity index (χ4v) is 6.11. The van der Waals surface area contributed by atoms with Crippen molar-refractivity contribution in [1.29, 1.82) is 0 Å². The average Bonchev–Trinajstić information content (AvgIpc) is 3.58. The predicted molar refractivity (Wildman–Crippen MR) is 126 cm³/mol. The van der Waals surface area contributed by atoms with Crippen molar-refractivity contribution < 1.29 is 9.53 Å². The first-order valence-electron chi connectivity index (χ1n) is 12.8. The first-order chi connectivity index (χ1) is 14.0. The van der Waals surface area contributed by atoms with Crippen LogP contribution < -0.4 is 0 Å². The van der Waals surface area contributed by atoms with Gasteiger partial charge in [0.05, 0.1) is 13.0 Å². The normalized spacial score (nSPS) is 39.4. The van der Waals surface area contributed by atoms with Crippen LogP contribution in [0.3, 0.4) is 0 Å². The molecule has 0 radical (unpaired) electrons. The maximum atomic E-state index is 11.3. The largest absolute Gasteiger partial charge is 0.469 e. The minimum atomic E-state index is 0.00454. The van der Waals surface area contributed by atoms with E-state index in [9.17, 15) is 4.79 Å². The van der Waals surface area contributed by atoms with E-state index in [0.717, 1.165) is 36.0 Å². The van der Waals surface area contributed by atoms with Gasteiger partial charge in [-0.1, -0.05) is 53.2 Å². The van der Waals surface area contributed by atoms with Crippen molar-refractivity contribution in [3.05, 3.63) is 12.2 Å². The van der Waals surface area contributed by atoms with Crippen molar-refractivity contribution in [1.82, 2.24) is 0 Å². The average molecular weight is 417 g/mol. The Morgan fingerprint density at radius 3 is 2.23 bits per heavy atom. The molecule has 0 aromatic heterocycles. The van der Waals surface area contributed by atoms with Gasteiger partial charge in [-0.2, -0.15) is 0 Å². The van der Waals surface area contributed by atoms with Crippen molar-refractivity contribution in [3.8, 4) is 0 Å². The van der Waals surface area contributed by atoms with Crippen molar-refractivity contribution in [2.45, 2.75) is 112 Å². The highest BCUT2D eigenvalue weighted by atomic mass is 16.5. The molecule has 172 valence electrons. The molecule has 0 spiro atoms.